The number of nitrogens with zero attached hydrogens (tertiary/aromatic N) is 2. The van der Waals surface area contributed by atoms with E-state index in [4.69, 9.17) is 0 Å². The molecule has 1 aromatic carbocycles. The van der Waals surface area contributed by atoms with Crippen LogP contribution in [0.5, 0.6) is 0 Å². The lowest BCUT2D eigenvalue weighted by Crippen LogP contribution is -2.19. The summed E-state index contributed by atoms with van der Waals surface area (Å²) in [7, 11) is 0. The maximum Gasteiger partial charge on any atom is 0.325 e. The fourth-order valence-electron chi connectivity index (χ4n) is 1.89. The number of carbonyl (C=O) groups excluding carboxylic acids is 1. The number of anilines is 2. The summed E-state index contributed by atoms with van der Waals surface area (Å²) in [6.07, 6.45) is 3.94. The molecule has 3 rings (SSSR count). The summed E-state index contributed by atoms with van der Waals surface area (Å²) < 4.78 is 2.00. The van der Waals surface area contributed by atoms with Gasteiger partial charge in [-0.15, -0.1) is 11.3 Å². The van der Waals surface area contributed by atoms with E-state index in [-0.39, 0.29) is 6.03 Å². The van der Waals surface area contributed by atoms with E-state index >= 15 is 0 Å². The van der Waals surface area contributed by atoms with Gasteiger partial charge in [-0.25, -0.2) is 9.78 Å². The molecule has 0 bridgehead atoms. The highest BCUT2D eigenvalue weighted by Crippen LogP contribution is 2.16. The minimum atomic E-state index is -0.293. The molecule has 21 heavy (non-hydrogen) atoms. The molecule has 0 saturated heterocycles. The molecule has 0 aliphatic heterocycles. The monoisotopic (exact) mass is 298 g/mol. The Kier molecular flexibility index (Phi) is 3.70. The Bertz CT molecular complexity index is 731. The first kappa shape index (κ1) is 13.4. The lowest BCUT2D eigenvalue weighted by atomic mass is 10.3. The molecule has 2 aromatic heterocycles. The van der Waals surface area contributed by atoms with Crippen LogP contribution in [-0.4, -0.2) is 15.6 Å². The number of aryl methyl sites for hydroxylation is 1. The van der Waals surface area contributed by atoms with Gasteiger partial charge >= 0.3 is 6.03 Å². The summed E-state index contributed by atoms with van der Waals surface area (Å²) in [6.45, 7) is 1.89. The molecule has 0 radical (unpaired) electrons. The van der Waals surface area contributed by atoms with Crippen molar-refractivity contribution in [2.24, 2.45) is 0 Å². The summed E-state index contributed by atoms with van der Waals surface area (Å²) in [4.78, 5) is 16.0. The Morgan fingerprint density at radius 2 is 1.86 bits per heavy atom. The molecule has 0 aliphatic rings. The van der Waals surface area contributed by atoms with Crippen molar-refractivity contribution in [1.82, 2.24) is 9.55 Å². The molecule has 2 heterocycles. The van der Waals surface area contributed by atoms with Gasteiger partial charge in [-0.05, 0) is 43.3 Å². The van der Waals surface area contributed by atoms with Crippen molar-refractivity contribution in [3.63, 3.8) is 0 Å². The molecule has 106 valence electrons. The van der Waals surface area contributed by atoms with E-state index in [9.17, 15) is 4.79 Å². The average Bonchev–Trinajstić information content (AvgIpc) is 3.11. The van der Waals surface area contributed by atoms with Gasteiger partial charge in [0, 0.05) is 29.1 Å². The van der Waals surface area contributed by atoms with Crippen molar-refractivity contribution >= 4 is 28.2 Å². The van der Waals surface area contributed by atoms with Crippen LogP contribution in [0.1, 0.15) is 5.69 Å². The maximum atomic E-state index is 11.8. The average molecular weight is 298 g/mol. The molecule has 3 aromatic rings. The number of hydrogen-bond acceptors (Lipinski definition) is 3. The van der Waals surface area contributed by atoms with E-state index in [1.54, 1.807) is 0 Å². The molecule has 0 fully saturated rings. The van der Waals surface area contributed by atoms with Gasteiger partial charge in [0.2, 0.25) is 0 Å². The zero-order valence-corrected chi connectivity index (χ0v) is 12.2. The molecule has 0 spiro atoms. The predicted octanol–water partition coefficient (Wildman–Crippen LogP) is 3.89. The van der Waals surface area contributed by atoms with Gasteiger partial charge in [-0.3, -0.25) is 5.32 Å². The van der Waals surface area contributed by atoms with Crippen LogP contribution < -0.4 is 10.6 Å². The number of benzene rings is 1. The van der Waals surface area contributed by atoms with Crippen LogP contribution in [0.15, 0.2) is 54.2 Å². The number of amides is 2. The van der Waals surface area contributed by atoms with E-state index in [0.29, 0.717) is 5.13 Å². The van der Waals surface area contributed by atoms with E-state index < -0.39 is 0 Å². The molecule has 0 atom stereocenters. The summed E-state index contributed by atoms with van der Waals surface area (Å²) in [5, 5.41) is 7.97. The number of rotatable bonds is 3. The number of hydrogen-bond donors (Lipinski definition) is 2. The number of carbonyl (C=O) groups is 1. The Morgan fingerprint density at radius 1 is 1.14 bits per heavy atom. The molecular formula is C15H14N4OS. The van der Waals surface area contributed by atoms with Crippen molar-refractivity contribution < 1.29 is 4.79 Å². The van der Waals surface area contributed by atoms with Crippen molar-refractivity contribution in [3.8, 4) is 5.69 Å². The van der Waals surface area contributed by atoms with Crippen LogP contribution in [0.3, 0.4) is 0 Å². The van der Waals surface area contributed by atoms with Crippen LogP contribution in [0.4, 0.5) is 15.6 Å². The summed E-state index contributed by atoms with van der Waals surface area (Å²) in [6, 6.07) is 11.3. The lowest BCUT2D eigenvalue weighted by Gasteiger charge is -2.07. The third-order valence-corrected chi connectivity index (χ3v) is 3.74. The molecule has 2 amide bonds. The van der Waals surface area contributed by atoms with E-state index in [2.05, 4.69) is 15.6 Å². The van der Waals surface area contributed by atoms with Gasteiger partial charge in [0.05, 0.1) is 5.69 Å². The minimum Gasteiger partial charge on any atom is -0.324 e. The van der Waals surface area contributed by atoms with Crippen molar-refractivity contribution in [3.05, 3.63) is 59.9 Å². The van der Waals surface area contributed by atoms with Crippen LogP contribution in [0.25, 0.3) is 5.69 Å². The van der Waals surface area contributed by atoms with E-state index in [1.165, 1.54) is 11.3 Å². The maximum absolute atomic E-state index is 11.8. The zero-order chi connectivity index (χ0) is 14.7. The third kappa shape index (κ3) is 3.29. The largest absolute Gasteiger partial charge is 0.325 e. The SMILES string of the molecule is Cc1csc(NC(=O)Nc2ccc(-n3cccc3)cc2)n1. The summed E-state index contributed by atoms with van der Waals surface area (Å²) in [5.74, 6) is 0. The van der Waals surface area contributed by atoms with Gasteiger partial charge in [-0.1, -0.05) is 0 Å². The van der Waals surface area contributed by atoms with Gasteiger partial charge in [0.15, 0.2) is 5.13 Å². The molecule has 0 unspecified atom stereocenters. The Hall–Kier alpha value is -2.60. The lowest BCUT2D eigenvalue weighted by molar-refractivity contribution is 0.262. The molecule has 2 N–H and O–H groups in total. The predicted molar refractivity (Wildman–Crippen MR) is 85.3 cm³/mol. The molecule has 0 aliphatic carbocycles. The first-order valence-corrected chi connectivity index (χ1v) is 7.32. The Morgan fingerprint density at radius 3 is 2.48 bits per heavy atom. The molecule has 6 heteroatoms. The van der Waals surface area contributed by atoms with Gasteiger partial charge in [0.25, 0.3) is 0 Å². The first-order valence-electron chi connectivity index (χ1n) is 6.44. The van der Waals surface area contributed by atoms with Crippen molar-refractivity contribution in [1.29, 1.82) is 0 Å². The van der Waals surface area contributed by atoms with Gasteiger partial charge < -0.3 is 9.88 Å². The Labute approximate surface area is 126 Å². The smallest absolute Gasteiger partial charge is 0.324 e. The molecular weight excluding hydrogens is 284 g/mol. The fraction of sp³-hybridized carbons (Fsp3) is 0.0667. The highest BCUT2D eigenvalue weighted by Gasteiger charge is 2.05. The third-order valence-electron chi connectivity index (χ3n) is 2.87. The second-order valence-corrected chi connectivity index (χ2v) is 5.37. The fourth-order valence-corrected chi connectivity index (χ4v) is 2.58. The quantitative estimate of drug-likeness (QED) is 0.770. The zero-order valence-electron chi connectivity index (χ0n) is 11.4. The second kappa shape index (κ2) is 5.80. The van der Waals surface area contributed by atoms with E-state index in [0.717, 1.165) is 17.1 Å². The normalized spacial score (nSPS) is 10.3. The highest BCUT2D eigenvalue weighted by atomic mass is 32.1. The number of aromatic nitrogens is 2. The van der Waals surface area contributed by atoms with Gasteiger partial charge in [0.1, 0.15) is 0 Å². The van der Waals surface area contributed by atoms with Crippen LogP contribution in [0.2, 0.25) is 0 Å². The standard InChI is InChI=1S/C15H14N4OS/c1-11-10-21-15(16-11)18-14(20)17-12-4-6-13(7-5-12)19-8-2-3-9-19/h2-10H,1H3,(H2,16,17,18,20). The molecule has 0 saturated carbocycles. The van der Waals surface area contributed by atoms with Gasteiger partial charge in [-0.2, -0.15) is 0 Å². The van der Waals surface area contributed by atoms with Crippen molar-refractivity contribution in [2.75, 3.05) is 10.6 Å². The minimum absolute atomic E-state index is 0.293. The highest BCUT2D eigenvalue weighted by molar-refractivity contribution is 7.13. The van der Waals surface area contributed by atoms with E-state index in [1.807, 2.05) is 65.7 Å². The summed E-state index contributed by atoms with van der Waals surface area (Å²) >= 11 is 1.40. The van der Waals surface area contributed by atoms with Crippen LogP contribution in [-0.2, 0) is 0 Å². The van der Waals surface area contributed by atoms with Crippen LogP contribution in [0, 0.1) is 6.92 Å². The Balaban J connectivity index is 1.63. The van der Waals surface area contributed by atoms with Crippen LogP contribution >= 0.6 is 11.3 Å². The topological polar surface area (TPSA) is 59.0 Å². The van der Waals surface area contributed by atoms with Crippen molar-refractivity contribution in [2.45, 2.75) is 6.92 Å². The first-order chi connectivity index (χ1) is 10.2. The number of nitrogens with one attached hydrogen (secondary N) is 2. The second-order valence-electron chi connectivity index (χ2n) is 4.51. The number of urea groups is 1. The molecule has 5 nitrogen and oxygen atoms in total. The number of thiazole rings is 1. The summed E-state index contributed by atoms with van der Waals surface area (Å²) in [5.41, 5.74) is 2.67.